The lowest BCUT2D eigenvalue weighted by Gasteiger charge is -1.91. The van der Waals surface area contributed by atoms with Crippen molar-refractivity contribution < 1.29 is 19.8 Å². The second-order valence-corrected chi connectivity index (χ2v) is 3.77. The van der Waals surface area contributed by atoms with E-state index in [4.69, 9.17) is 10.2 Å². The Bertz CT molecular complexity index is 127. The first-order valence-corrected chi connectivity index (χ1v) is 4.79. The van der Waals surface area contributed by atoms with Crippen molar-refractivity contribution in [2.75, 3.05) is 11.5 Å². The van der Waals surface area contributed by atoms with Gasteiger partial charge in [0.1, 0.15) is 11.5 Å². The molecule has 0 saturated heterocycles. The molecule has 0 atom stereocenters. The Hall–Kier alpha value is 0.220. The van der Waals surface area contributed by atoms with Crippen LogP contribution < -0.4 is 0 Å². The quantitative estimate of drug-likeness (QED) is 0.571. The van der Waals surface area contributed by atoms with Crippen molar-refractivity contribution in [2.45, 2.75) is 0 Å². The van der Waals surface area contributed by atoms with Gasteiger partial charge in [0.25, 0.3) is 0 Å². The molecule has 0 bridgehead atoms. The molecule has 4 nitrogen and oxygen atoms in total. The lowest BCUT2D eigenvalue weighted by Crippen LogP contribution is -1.99. The SMILES string of the molecule is Cl.Cl.O=C(O)CSSCC(=O)O. The first-order chi connectivity index (χ1) is 4.63. The molecule has 0 rings (SSSR count). The minimum atomic E-state index is -0.928. The minimum Gasteiger partial charge on any atom is -0.481 e. The molecule has 0 aliphatic carbocycles. The number of rotatable bonds is 5. The number of carboxylic acid groups (broad SMARTS) is 2. The Labute approximate surface area is 89.7 Å². The fraction of sp³-hybridized carbons (Fsp3) is 0.500. The zero-order valence-electron chi connectivity index (χ0n) is 5.76. The monoisotopic (exact) mass is 254 g/mol. The van der Waals surface area contributed by atoms with Gasteiger partial charge in [0.2, 0.25) is 0 Å². The van der Waals surface area contributed by atoms with Crippen molar-refractivity contribution in [1.29, 1.82) is 0 Å². The van der Waals surface area contributed by atoms with Gasteiger partial charge in [-0.3, -0.25) is 9.59 Å². The first-order valence-electron chi connectivity index (χ1n) is 2.31. The molecule has 0 aromatic rings. The Kier molecular flexibility index (Phi) is 16.9. The van der Waals surface area contributed by atoms with E-state index in [1.165, 1.54) is 0 Å². The molecule has 0 aliphatic rings. The second kappa shape index (κ2) is 11.2. The van der Waals surface area contributed by atoms with Crippen LogP contribution in [-0.2, 0) is 9.59 Å². The molecule has 0 heterocycles. The number of hydrogen-bond acceptors (Lipinski definition) is 4. The van der Waals surface area contributed by atoms with Gasteiger partial charge in [0, 0.05) is 0 Å². The summed E-state index contributed by atoms with van der Waals surface area (Å²) >= 11 is 0. The zero-order valence-corrected chi connectivity index (χ0v) is 9.02. The van der Waals surface area contributed by atoms with Crippen molar-refractivity contribution in [1.82, 2.24) is 0 Å². The van der Waals surface area contributed by atoms with Crippen LogP contribution in [0.4, 0.5) is 0 Å². The van der Waals surface area contributed by atoms with Crippen molar-refractivity contribution in [3.8, 4) is 0 Å². The van der Waals surface area contributed by atoms with E-state index in [1.807, 2.05) is 0 Å². The fourth-order valence-corrected chi connectivity index (χ4v) is 1.66. The molecule has 2 N–H and O–H groups in total. The molecular weight excluding hydrogens is 247 g/mol. The highest BCUT2D eigenvalue weighted by molar-refractivity contribution is 8.77. The van der Waals surface area contributed by atoms with Gasteiger partial charge in [-0.15, -0.1) is 24.8 Å². The van der Waals surface area contributed by atoms with E-state index >= 15 is 0 Å². The Balaban J connectivity index is -0.000000405. The number of carboxylic acids is 2. The van der Waals surface area contributed by atoms with Gasteiger partial charge in [0.05, 0.1) is 0 Å². The third kappa shape index (κ3) is 16.7. The summed E-state index contributed by atoms with van der Waals surface area (Å²) in [4.78, 5) is 19.7. The Morgan fingerprint density at radius 3 is 1.33 bits per heavy atom. The van der Waals surface area contributed by atoms with E-state index in [2.05, 4.69) is 0 Å². The van der Waals surface area contributed by atoms with Gasteiger partial charge in [-0.05, 0) is 0 Å². The van der Waals surface area contributed by atoms with Crippen LogP contribution in [0.3, 0.4) is 0 Å². The molecule has 0 unspecified atom stereocenters. The predicted molar refractivity (Wildman–Crippen MR) is 54.7 cm³/mol. The highest BCUT2D eigenvalue weighted by Crippen LogP contribution is 2.19. The largest absolute Gasteiger partial charge is 0.481 e. The van der Waals surface area contributed by atoms with Crippen LogP contribution in [0.1, 0.15) is 0 Å². The van der Waals surface area contributed by atoms with Gasteiger partial charge in [-0.2, -0.15) is 0 Å². The van der Waals surface area contributed by atoms with Crippen LogP contribution >= 0.6 is 46.4 Å². The van der Waals surface area contributed by atoms with Crippen LogP contribution in [0.2, 0.25) is 0 Å². The summed E-state index contributed by atoms with van der Waals surface area (Å²) in [5, 5.41) is 16.2. The van der Waals surface area contributed by atoms with E-state index in [0.717, 1.165) is 21.6 Å². The molecule has 0 spiro atoms. The lowest BCUT2D eigenvalue weighted by molar-refractivity contribution is -0.135. The van der Waals surface area contributed by atoms with Gasteiger partial charge in [-0.25, -0.2) is 0 Å². The number of hydrogen-bond donors (Lipinski definition) is 2. The Morgan fingerprint density at radius 2 is 1.17 bits per heavy atom. The van der Waals surface area contributed by atoms with Gasteiger partial charge in [0.15, 0.2) is 0 Å². The minimum absolute atomic E-state index is 0. The van der Waals surface area contributed by atoms with Crippen LogP contribution in [0, 0.1) is 0 Å². The number of halogens is 2. The standard InChI is InChI=1S/C4H6O4S2.2ClH/c5-3(6)1-9-10-2-4(7)8;;/h1-2H2,(H,5,6)(H,7,8);2*1H. The van der Waals surface area contributed by atoms with Gasteiger partial charge in [-0.1, -0.05) is 21.6 Å². The lowest BCUT2D eigenvalue weighted by atomic mass is 10.8. The molecule has 0 fully saturated rings. The average Bonchev–Trinajstić information content (AvgIpc) is 1.79. The average molecular weight is 255 g/mol. The summed E-state index contributed by atoms with van der Waals surface area (Å²) in [6, 6.07) is 0. The molecular formula is C4H8Cl2O4S2. The number of carbonyl (C=O) groups is 2. The smallest absolute Gasteiger partial charge is 0.314 e. The topological polar surface area (TPSA) is 74.6 Å². The van der Waals surface area contributed by atoms with Crippen molar-refractivity contribution >= 4 is 58.3 Å². The maximum absolute atomic E-state index is 9.86. The van der Waals surface area contributed by atoms with Crippen LogP contribution in [0.25, 0.3) is 0 Å². The maximum atomic E-state index is 9.86. The van der Waals surface area contributed by atoms with Crippen LogP contribution in [0.15, 0.2) is 0 Å². The molecule has 0 amide bonds. The third-order valence-electron chi connectivity index (χ3n) is 0.448. The summed E-state index contributed by atoms with van der Waals surface area (Å²) in [6.45, 7) is 0. The summed E-state index contributed by atoms with van der Waals surface area (Å²) in [5.41, 5.74) is 0. The summed E-state index contributed by atoms with van der Waals surface area (Å²) in [7, 11) is 2.05. The molecule has 8 heteroatoms. The third-order valence-corrected chi connectivity index (χ3v) is 2.55. The summed E-state index contributed by atoms with van der Waals surface area (Å²) in [6.07, 6.45) is 0. The fourth-order valence-electron chi connectivity index (χ4n) is 0.184. The van der Waals surface area contributed by atoms with E-state index in [-0.39, 0.29) is 36.3 Å². The molecule has 0 aliphatic heterocycles. The molecule has 0 aromatic heterocycles. The van der Waals surface area contributed by atoms with E-state index < -0.39 is 11.9 Å². The van der Waals surface area contributed by atoms with Crippen LogP contribution in [0.5, 0.6) is 0 Å². The summed E-state index contributed by atoms with van der Waals surface area (Å²) < 4.78 is 0. The normalized spacial score (nSPS) is 7.67. The van der Waals surface area contributed by atoms with E-state index in [1.54, 1.807) is 0 Å². The zero-order chi connectivity index (χ0) is 7.98. The van der Waals surface area contributed by atoms with Crippen molar-refractivity contribution in [2.24, 2.45) is 0 Å². The first kappa shape index (κ1) is 18.1. The maximum Gasteiger partial charge on any atom is 0.314 e. The van der Waals surface area contributed by atoms with Crippen LogP contribution in [-0.4, -0.2) is 33.7 Å². The van der Waals surface area contributed by atoms with E-state index in [0.29, 0.717) is 0 Å². The molecule has 0 radical (unpaired) electrons. The predicted octanol–water partition coefficient (Wildman–Crippen LogP) is 1.38. The van der Waals surface area contributed by atoms with Gasteiger partial charge < -0.3 is 10.2 Å². The molecule has 0 saturated carbocycles. The highest BCUT2D eigenvalue weighted by Gasteiger charge is 2.00. The number of aliphatic carboxylic acids is 2. The second-order valence-electron chi connectivity index (χ2n) is 1.31. The molecule has 12 heavy (non-hydrogen) atoms. The summed E-state index contributed by atoms with van der Waals surface area (Å²) in [5.74, 6) is -1.97. The molecule has 74 valence electrons. The Morgan fingerprint density at radius 1 is 0.917 bits per heavy atom. The van der Waals surface area contributed by atoms with Crippen molar-refractivity contribution in [3.05, 3.63) is 0 Å². The van der Waals surface area contributed by atoms with E-state index in [9.17, 15) is 9.59 Å². The van der Waals surface area contributed by atoms with Crippen molar-refractivity contribution in [3.63, 3.8) is 0 Å². The molecule has 0 aromatic carbocycles. The van der Waals surface area contributed by atoms with Gasteiger partial charge >= 0.3 is 11.9 Å². The highest BCUT2D eigenvalue weighted by atomic mass is 35.5.